The van der Waals surface area contributed by atoms with Gasteiger partial charge in [0, 0.05) is 5.56 Å². The summed E-state index contributed by atoms with van der Waals surface area (Å²) in [4.78, 5) is 14.9. The molecule has 0 fully saturated rings. The van der Waals surface area contributed by atoms with Gasteiger partial charge in [0.1, 0.15) is 0 Å². The van der Waals surface area contributed by atoms with Gasteiger partial charge < -0.3 is 14.6 Å². The normalized spacial score (nSPS) is 16.9. The van der Waals surface area contributed by atoms with Gasteiger partial charge >= 0.3 is 5.97 Å². The minimum Gasteiger partial charge on any atom is -0.504 e. The first-order chi connectivity index (χ1) is 8.11. The number of nitrogens with zero attached hydrogens (tertiary/aromatic N) is 1. The molecule has 0 unspecified atom stereocenters. The molecule has 0 saturated heterocycles. The van der Waals surface area contributed by atoms with Crippen LogP contribution in [0.15, 0.2) is 28.9 Å². The number of methoxy groups -OCH3 is 1. The summed E-state index contributed by atoms with van der Waals surface area (Å²) in [5.74, 6) is -0.425. The number of hydrogen-bond donors (Lipinski definition) is 1. The number of phenols is 1. The number of carbonyl (C=O) groups excluding carboxylic acids is 1. The van der Waals surface area contributed by atoms with Crippen LogP contribution in [-0.4, -0.2) is 23.5 Å². The monoisotopic (exact) mass is 253 g/mol. The predicted octanol–water partition coefficient (Wildman–Crippen LogP) is 1.89. The number of cyclic esters (lactones) is 1. The molecule has 0 saturated carbocycles. The maximum Gasteiger partial charge on any atom is 0.364 e. The number of halogens is 1. The summed E-state index contributed by atoms with van der Waals surface area (Å²) in [5, 5.41) is 9.57. The molecule has 6 heteroatoms. The molecule has 0 amide bonds. The number of aliphatic imine (C=N–C) groups is 1. The molecular formula is C11H8ClNO4. The highest BCUT2D eigenvalue weighted by atomic mass is 35.5. The van der Waals surface area contributed by atoms with Crippen LogP contribution in [0, 0.1) is 0 Å². The van der Waals surface area contributed by atoms with E-state index >= 15 is 0 Å². The minimum absolute atomic E-state index is 0.0264. The van der Waals surface area contributed by atoms with Gasteiger partial charge in [-0.2, -0.15) is 4.99 Å². The van der Waals surface area contributed by atoms with E-state index in [4.69, 9.17) is 16.3 Å². The van der Waals surface area contributed by atoms with Gasteiger partial charge in [0.2, 0.25) is 0 Å². The maximum atomic E-state index is 11.3. The quantitative estimate of drug-likeness (QED) is 0.646. The highest BCUT2D eigenvalue weighted by Gasteiger charge is 2.22. The van der Waals surface area contributed by atoms with Crippen molar-refractivity contribution in [3.8, 4) is 11.5 Å². The number of rotatable bonds is 2. The molecule has 17 heavy (non-hydrogen) atoms. The molecule has 88 valence electrons. The van der Waals surface area contributed by atoms with E-state index in [2.05, 4.69) is 9.73 Å². The number of carbonyl (C=O) groups is 1. The molecule has 1 aromatic carbocycles. The number of esters is 1. The Kier molecular flexibility index (Phi) is 3.01. The second-order valence-electron chi connectivity index (χ2n) is 3.18. The van der Waals surface area contributed by atoms with Crippen LogP contribution in [0.25, 0.3) is 6.08 Å². The number of para-hydroxylation sites is 1. The van der Waals surface area contributed by atoms with Crippen LogP contribution in [0.3, 0.4) is 0 Å². The smallest absolute Gasteiger partial charge is 0.364 e. The number of benzene rings is 1. The van der Waals surface area contributed by atoms with Crippen molar-refractivity contribution in [2.24, 2.45) is 4.99 Å². The predicted molar refractivity (Wildman–Crippen MR) is 62.0 cm³/mol. The van der Waals surface area contributed by atoms with Gasteiger partial charge in [-0.05, 0) is 23.7 Å². The van der Waals surface area contributed by atoms with Crippen molar-refractivity contribution in [2.75, 3.05) is 7.11 Å². The first-order valence-electron chi connectivity index (χ1n) is 4.66. The Morgan fingerprint density at radius 1 is 1.53 bits per heavy atom. The second-order valence-corrected chi connectivity index (χ2v) is 3.51. The molecular weight excluding hydrogens is 246 g/mol. The van der Waals surface area contributed by atoms with E-state index in [1.807, 2.05) is 0 Å². The Hall–Kier alpha value is -2.01. The SMILES string of the molecule is COc1cccc(C=C2N=C(Cl)OC2=O)c1O. The summed E-state index contributed by atoms with van der Waals surface area (Å²) >= 11 is 5.45. The van der Waals surface area contributed by atoms with Crippen LogP contribution in [0.4, 0.5) is 0 Å². The summed E-state index contributed by atoms with van der Waals surface area (Å²) in [6.45, 7) is 0. The van der Waals surface area contributed by atoms with Crippen molar-refractivity contribution in [3.05, 3.63) is 29.5 Å². The Bertz CT molecular complexity index is 536. The van der Waals surface area contributed by atoms with Crippen LogP contribution in [0.2, 0.25) is 0 Å². The Labute approximate surface area is 102 Å². The summed E-state index contributed by atoms with van der Waals surface area (Å²) in [6, 6.07) is 4.89. The van der Waals surface area contributed by atoms with Crippen molar-refractivity contribution in [1.82, 2.24) is 0 Å². The van der Waals surface area contributed by atoms with Crippen molar-refractivity contribution < 1.29 is 19.4 Å². The third kappa shape index (κ3) is 2.24. The van der Waals surface area contributed by atoms with E-state index < -0.39 is 5.97 Å². The zero-order chi connectivity index (χ0) is 12.4. The molecule has 1 heterocycles. The first kappa shape index (κ1) is 11.5. The van der Waals surface area contributed by atoms with Crippen LogP contribution in [-0.2, 0) is 9.53 Å². The van der Waals surface area contributed by atoms with E-state index in [0.717, 1.165) is 0 Å². The maximum absolute atomic E-state index is 11.3. The average molecular weight is 254 g/mol. The van der Waals surface area contributed by atoms with Crippen molar-refractivity contribution in [2.45, 2.75) is 0 Å². The zero-order valence-electron chi connectivity index (χ0n) is 8.81. The molecule has 0 aromatic heterocycles. The van der Waals surface area contributed by atoms with E-state index in [0.29, 0.717) is 11.3 Å². The zero-order valence-corrected chi connectivity index (χ0v) is 9.56. The third-order valence-electron chi connectivity index (χ3n) is 2.14. The number of aromatic hydroxyl groups is 1. The average Bonchev–Trinajstić information content (AvgIpc) is 2.60. The van der Waals surface area contributed by atoms with E-state index in [1.54, 1.807) is 18.2 Å². The lowest BCUT2D eigenvalue weighted by atomic mass is 10.1. The summed E-state index contributed by atoms with van der Waals surface area (Å²) in [5.41, 5.74) is 0.421. The third-order valence-corrected chi connectivity index (χ3v) is 2.30. The lowest BCUT2D eigenvalue weighted by molar-refractivity contribution is -0.129. The highest BCUT2D eigenvalue weighted by molar-refractivity contribution is 6.64. The van der Waals surface area contributed by atoms with Gasteiger partial charge in [-0.3, -0.25) is 0 Å². The van der Waals surface area contributed by atoms with Gasteiger partial charge in [0.05, 0.1) is 7.11 Å². The molecule has 5 nitrogen and oxygen atoms in total. The van der Waals surface area contributed by atoms with Gasteiger partial charge in [-0.1, -0.05) is 12.1 Å². The van der Waals surface area contributed by atoms with E-state index in [1.165, 1.54) is 13.2 Å². The molecule has 0 aliphatic carbocycles. The number of hydrogen-bond acceptors (Lipinski definition) is 5. The minimum atomic E-state index is -0.655. The fourth-order valence-corrected chi connectivity index (χ4v) is 1.51. The molecule has 1 aromatic rings. The number of phenolic OH excluding ortho intramolecular Hbond substituents is 1. The summed E-state index contributed by atoms with van der Waals surface area (Å²) < 4.78 is 9.48. The van der Waals surface area contributed by atoms with Crippen molar-refractivity contribution in [1.29, 1.82) is 0 Å². The molecule has 0 spiro atoms. The standard InChI is InChI=1S/C11H8ClNO4/c1-16-8-4-2-3-6(9(8)14)5-7-10(15)17-11(12)13-7/h2-5,14H,1H3. The van der Waals surface area contributed by atoms with Crippen LogP contribution in [0.1, 0.15) is 5.56 Å². The second kappa shape index (κ2) is 4.47. The largest absolute Gasteiger partial charge is 0.504 e. The lowest BCUT2D eigenvalue weighted by Crippen LogP contribution is -1.98. The Morgan fingerprint density at radius 2 is 2.29 bits per heavy atom. The van der Waals surface area contributed by atoms with E-state index in [9.17, 15) is 9.90 Å². The van der Waals surface area contributed by atoms with Gasteiger partial charge in [-0.15, -0.1) is 0 Å². The molecule has 1 aliphatic heterocycles. The topological polar surface area (TPSA) is 68.1 Å². The van der Waals surface area contributed by atoms with Crippen molar-refractivity contribution >= 4 is 29.0 Å². The molecule has 0 bridgehead atoms. The molecule has 0 atom stereocenters. The van der Waals surface area contributed by atoms with Gasteiger partial charge in [0.15, 0.2) is 17.2 Å². The van der Waals surface area contributed by atoms with Crippen molar-refractivity contribution in [3.63, 3.8) is 0 Å². The molecule has 2 rings (SSSR count). The van der Waals surface area contributed by atoms with E-state index in [-0.39, 0.29) is 16.8 Å². The highest BCUT2D eigenvalue weighted by Crippen LogP contribution is 2.31. The summed E-state index contributed by atoms with van der Waals surface area (Å²) in [7, 11) is 1.44. The molecule has 1 aliphatic rings. The van der Waals surface area contributed by atoms with Gasteiger partial charge in [0.25, 0.3) is 5.36 Å². The Morgan fingerprint density at radius 3 is 2.88 bits per heavy atom. The molecule has 1 N–H and O–H groups in total. The Balaban J connectivity index is 2.43. The van der Waals surface area contributed by atoms with Crippen LogP contribution in [0.5, 0.6) is 11.5 Å². The van der Waals surface area contributed by atoms with Crippen LogP contribution >= 0.6 is 11.6 Å². The summed E-state index contributed by atoms with van der Waals surface area (Å²) in [6.07, 6.45) is 1.37. The number of ether oxygens (including phenoxy) is 2. The fourth-order valence-electron chi connectivity index (χ4n) is 1.35. The lowest BCUT2D eigenvalue weighted by Gasteiger charge is -2.05. The molecule has 0 radical (unpaired) electrons. The first-order valence-corrected chi connectivity index (χ1v) is 5.03. The fraction of sp³-hybridized carbons (Fsp3) is 0.0909. The van der Waals surface area contributed by atoms with Gasteiger partial charge in [-0.25, -0.2) is 4.79 Å². The van der Waals surface area contributed by atoms with Crippen LogP contribution < -0.4 is 4.74 Å².